The zero-order chi connectivity index (χ0) is 21.6. The molecular formula is C24H19N3O3S. The van der Waals surface area contributed by atoms with Gasteiger partial charge in [0.1, 0.15) is 5.75 Å². The van der Waals surface area contributed by atoms with Crippen LogP contribution in [0.5, 0.6) is 11.6 Å². The van der Waals surface area contributed by atoms with Gasteiger partial charge < -0.3 is 4.74 Å². The monoisotopic (exact) mass is 429 g/mol. The third-order valence-corrected chi connectivity index (χ3v) is 5.40. The number of hydrogen-bond acceptors (Lipinski definition) is 6. The Bertz CT molecular complexity index is 1200. The van der Waals surface area contributed by atoms with Gasteiger partial charge in [-0.15, -0.1) is 0 Å². The lowest BCUT2D eigenvalue weighted by atomic mass is 10.1. The summed E-state index contributed by atoms with van der Waals surface area (Å²) in [5.74, 6) is 1.64. The quantitative estimate of drug-likeness (QED) is 0.145. The van der Waals surface area contributed by atoms with E-state index < -0.39 is 4.92 Å². The smallest absolute Gasteiger partial charge is 0.269 e. The third kappa shape index (κ3) is 5.46. The molecular weight excluding hydrogens is 410 g/mol. The van der Waals surface area contributed by atoms with Crippen molar-refractivity contribution in [2.24, 2.45) is 0 Å². The molecule has 4 aromatic rings. The van der Waals surface area contributed by atoms with Gasteiger partial charge >= 0.3 is 0 Å². The van der Waals surface area contributed by atoms with Crippen molar-refractivity contribution in [1.82, 2.24) is 9.97 Å². The molecule has 0 aliphatic carbocycles. The van der Waals surface area contributed by atoms with E-state index in [0.717, 1.165) is 22.4 Å². The average Bonchev–Trinajstić information content (AvgIpc) is 2.80. The topological polar surface area (TPSA) is 78.2 Å². The predicted molar refractivity (Wildman–Crippen MR) is 121 cm³/mol. The van der Waals surface area contributed by atoms with E-state index in [1.54, 1.807) is 12.1 Å². The number of aryl methyl sites for hydroxylation is 1. The van der Waals surface area contributed by atoms with E-state index in [4.69, 9.17) is 4.74 Å². The Morgan fingerprint density at radius 3 is 2.45 bits per heavy atom. The number of thioether (sulfide) groups is 1. The summed E-state index contributed by atoms with van der Waals surface area (Å²) in [5, 5.41) is 11.6. The minimum atomic E-state index is -0.395. The largest absolute Gasteiger partial charge is 0.439 e. The lowest BCUT2D eigenvalue weighted by Gasteiger charge is -2.10. The Balaban J connectivity index is 1.62. The number of rotatable bonds is 7. The fourth-order valence-corrected chi connectivity index (χ4v) is 3.70. The summed E-state index contributed by atoms with van der Waals surface area (Å²) < 4.78 is 5.99. The first kappa shape index (κ1) is 20.6. The van der Waals surface area contributed by atoms with Gasteiger partial charge in [0.05, 0.1) is 10.6 Å². The van der Waals surface area contributed by atoms with Crippen LogP contribution in [0.3, 0.4) is 0 Å². The molecule has 1 aromatic heterocycles. The first-order valence-corrected chi connectivity index (χ1v) is 10.6. The zero-order valence-corrected chi connectivity index (χ0v) is 17.6. The number of aromatic nitrogens is 2. The molecule has 1 heterocycles. The first-order valence-electron chi connectivity index (χ1n) is 9.62. The van der Waals surface area contributed by atoms with Crippen LogP contribution >= 0.6 is 11.8 Å². The van der Waals surface area contributed by atoms with Crippen LogP contribution in [0.2, 0.25) is 0 Å². The highest BCUT2D eigenvalue weighted by Crippen LogP contribution is 2.29. The summed E-state index contributed by atoms with van der Waals surface area (Å²) in [6, 6.07) is 26.0. The van der Waals surface area contributed by atoms with Crippen molar-refractivity contribution in [2.45, 2.75) is 17.8 Å². The summed E-state index contributed by atoms with van der Waals surface area (Å²) in [6.07, 6.45) is 0. The highest BCUT2D eigenvalue weighted by atomic mass is 32.2. The Labute approximate surface area is 184 Å². The Morgan fingerprint density at radius 2 is 1.71 bits per heavy atom. The zero-order valence-electron chi connectivity index (χ0n) is 16.8. The molecule has 0 amide bonds. The summed E-state index contributed by atoms with van der Waals surface area (Å²) in [4.78, 5) is 19.8. The van der Waals surface area contributed by atoms with Gasteiger partial charge in [-0.3, -0.25) is 10.1 Å². The molecule has 0 aliphatic rings. The maximum Gasteiger partial charge on any atom is 0.269 e. The molecule has 0 N–H and O–H groups in total. The maximum atomic E-state index is 11.0. The summed E-state index contributed by atoms with van der Waals surface area (Å²) >= 11 is 1.41. The second-order valence-electron chi connectivity index (χ2n) is 6.87. The molecule has 0 radical (unpaired) electrons. The van der Waals surface area contributed by atoms with Gasteiger partial charge in [0, 0.05) is 29.5 Å². The molecule has 7 heteroatoms. The lowest BCUT2D eigenvalue weighted by molar-refractivity contribution is -0.384. The Morgan fingerprint density at radius 1 is 0.935 bits per heavy atom. The van der Waals surface area contributed by atoms with Crippen LogP contribution < -0.4 is 4.74 Å². The second kappa shape index (κ2) is 9.40. The van der Waals surface area contributed by atoms with Crippen molar-refractivity contribution >= 4 is 17.4 Å². The molecule has 0 atom stereocenters. The van der Waals surface area contributed by atoms with Crippen molar-refractivity contribution in [3.63, 3.8) is 0 Å². The fourth-order valence-electron chi connectivity index (χ4n) is 2.91. The van der Waals surface area contributed by atoms with E-state index in [1.165, 1.54) is 17.8 Å². The number of hydrogen-bond donors (Lipinski definition) is 0. The highest BCUT2D eigenvalue weighted by molar-refractivity contribution is 7.98. The van der Waals surface area contributed by atoms with Crippen molar-refractivity contribution in [3.05, 3.63) is 106 Å². The van der Waals surface area contributed by atoms with E-state index in [1.807, 2.05) is 73.7 Å². The molecule has 0 aliphatic heterocycles. The first-order chi connectivity index (χ1) is 15.1. The molecule has 0 saturated carbocycles. The average molecular weight is 430 g/mol. The van der Waals surface area contributed by atoms with Crippen LogP contribution in [0.1, 0.15) is 11.1 Å². The van der Waals surface area contributed by atoms with Gasteiger partial charge in [-0.1, -0.05) is 71.9 Å². The number of nitro benzene ring substituents is 1. The van der Waals surface area contributed by atoms with Gasteiger partial charge in [-0.2, -0.15) is 4.98 Å². The maximum absolute atomic E-state index is 11.0. The van der Waals surface area contributed by atoms with E-state index in [-0.39, 0.29) is 5.69 Å². The minimum Gasteiger partial charge on any atom is -0.439 e. The molecule has 0 spiro atoms. The number of benzene rings is 3. The van der Waals surface area contributed by atoms with Crippen LogP contribution in [-0.4, -0.2) is 14.9 Å². The normalized spacial score (nSPS) is 10.6. The Hall–Kier alpha value is -3.71. The fraction of sp³-hybridized carbons (Fsp3) is 0.0833. The number of nitrogens with zero attached hydrogens (tertiary/aromatic N) is 3. The highest BCUT2D eigenvalue weighted by Gasteiger charge is 2.11. The SMILES string of the molecule is Cc1ccc(Oc2cc(-c3ccccc3)nc(SCc3cccc([N+](=O)[O-])c3)n2)cc1. The molecule has 31 heavy (non-hydrogen) atoms. The Kier molecular flexibility index (Phi) is 6.24. The minimum absolute atomic E-state index is 0.0699. The third-order valence-electron chi connectivity index (χ3n) is 4.48. The number of nitro groups is 1. The van der Waals surface area contributed by atoms with Crippen molar-refractivity contribution in [3.8, 4) is 22.9 Å². The van der Waals surface area contributed by atoms with Crippen molar-refractivity contribution < 1.29 is 9.66 Å². The van der Waals surface area contributed by atoms with Crippen molar-refractivity contribution in [2.75, 3.05) is 0 Å². The molecule has 4 rings (SSSR count). The van der Waals surface area contributed by atoms with Crippen molar-refractivity contribution in [1.29, 1.82) is 0 Å². The van der Waals surface area contributed by atoms with Gasteiger partial charge in [0.25, 0.3) is 5.69 Å². The molecule has 0 unspecified atom stereocenters. The molecule has 154 valence electrons. The van der Waals surface area contributed by atoms with Gasteiger partial charge in [0.15, 0.2) is 5.16 Å². The standard InChI is InChI=1S/C24H19N3O3S/c1-17-10-12-21(13-11-17)30-23-15-22(19-7-3-2-4-8-19)25-24(26-23)31-16-18-6-5-9-20(14-18)27(28)29/h2-15H,16H2,1H3. The van der Waals surface area contributed by atoms with E-state index in [9.17, 15) is 10.1 Å². The van der Waals surface area contributed by atoms with Gasteiger partial charge in [0.2, 0.25) is 5.88 Å². The predicted octanol–water partition coefficient (Wildman–Crippen LogP) is 6.44. The summed E-state index contributed by atoms with van der Waals surface area (Å²) in [5.41, 5.74) is 3.75. The van der Waals surface area contributed by atoms with Gasteiger partial charge in [-0.05, 0) is 24.6 Å². The van der Waals surface area contributed by atoms with E-state index in [0.29, 0.717) is 22.5 Å². The number of non-ortho nitro benzene ring substituents is 1. The second-order valence-corrected chi connectivity index (χ2v) is 7.81. The van der Waals surface area contributed by atoms with Crippen LogP contribution in [-0.2, 0) is 5.75 Å². The number of ether oxygens (including phenoxy) is 1. The van der Waals surface area contributed by atoms with Crippen LogP contribution in [0.15, 0.2) is 90.1 Å². The molecule has 3 aromatic carbocycles. The molecule has 0 saturated heterocycles. The van der Waals surface area contributed by atoms with Gasteiger partial charge in [-0.25, -0.2) is 4.98 Å². The van der Waals surface area contributed by atoms with Crippen LogP contribution in [0.4, 0.5) is 5.69 Å². The van der Waals surface area contributed by atoms with Crippen LogP contribution in [0.25, 0.3) is 11.3 Å². The van der Waals surface area contributed by atoms with Crippen LogP contribution in [0, 0.1) is 17.0 Å². The molecule has 0 fully saturated rings. The molecule has 6 nitrogen and oxygen atoms in total. The summed E-state index contributed by atoms with van der Waals surface area (Å²) in [7, 11) is 0. The molecule has 0 bridgehead atoms. The van der Waals surface area contributed by atoms with E-state index >= 15 is 0 Å². The lowest BCUT2D eigenvalue weighted by Crippen LogP contribution is -1.96. The van der Waals surface area contributed by atoms with E-state index in [2.05, 4.69) is 9.97 Å². The summed E-state index contributed by atoms with van der Waals surface area (Å²) in [6.45, 7) is 2.02.